The summed E-state index contributed by atoms with van der Waals surface area (Å²) in [4.78, 5) is 11.8. The van der Waals surface area contributed by atoms with Gasteiger partial charge in [-0.05, 0) is 49.4 Å². The van der Waals surface area contributed by atoms with Gasteiger partial charge >= 0.3 is 0 Å². The van der Waals surface area contributed by atoms with Crippen molar-refractivity contribution in [1.29, 1.82) is 0 Å². The lowest BCUT2D eigenvalue weighted by Gasteiger charge is -2.25. The van der Waals surface area contributed by atoms with E-state index in [2.05, 4.69) is 60.8 Å². The molecular formula is C19H22N2O. The molecule has 0 aliphatic carbocycles. The molecule has 0 bridgehead atoms. The van der Waals surface area contributed by atoms with Gasteiger partial charge in [-0.15, -0.1) is 0 Å². The van der Waals surface area contributed by atoms with Gasteiger partial charge in [0.2, 0.25) is 5.91 Å². The second-order valence-corrected chi connectivity index (χ2v) is 6.22. The van der Waals surface area contributed by atoms with E-state index in [9.17, 15) is 4.79 Å². The molecule has 0 spiro atoms. The molecule has 1 aliphatic heterocycles. The van der Waals surface area contributed by atoms with E-state index < -0.39 is 5.54 Å². The summed E-state index contributed by atoms with van der Waals surface area (Å²) in [6, 6.07) is 16.9. The van der Waals surface area contributed by atoms with E-state index in [1.165, 1.54) is 16.7 Å². The van der Waals surface area contributed by atoms with Crippen molar-refractivity contribution in [3.05, 3.63) is 59.7 Å². The highest BCUT2D eigenvalue weighted by Gasteiger charge is 2.39. The van der Waals surface area contributed by atoms with Crippen molar-refractivity contribution < 1.29 is 4.79 Å². The average Bonchev–Trinajstić information content (AvgIpc) is 2.98. The fraction of sp³-hybridized carbons (Fsp3) is 0.316. The maximum atomic E-state index is 11.8. The normalized spacial score (nSPS) is 21.0. The quantitative estimate of drug-likeness (QED) is 0.911. The molecule has 0 radical (unpaired) electrons. The summed E-state index contributed by atoms with van der Waals surface area (Å²) in [5, 5.41) is 3.30. The predicted molar refractivity (Wildman–Crippen MR) is 89.5 cm³/mol. The average molecular weight is 294 g/mol. The first-order chi connectivity index (χ1) is 10.6. The van der Waals surface area contributed by atoms with E-state index in [0.29, 0.717) is 6.42 Å². The van der Waals surface area contributed by atoms with Crippen molar-refractivity contribution in [2.24, 2.45) is 5.73 Å². The first-order valence-electron chi connectivity index (χ1n) is 7.80. The third-order valence-corrected chi connectivity index (χ3v) is 4.53. The molecule has 3 rings (SSSR count). The lowest BCUT2D eigenvalue weighted by molar-refractivity contribution is -0.123. The summed E-state index contributed by atoms with van der Waals surface area (Å²) < 4.78 is 0. The zero-order valence-electron chi connectivity index (χ0n) is 12.9. The van der Waals surface area contributed by atoms with Crippen molar-refractivity contribution >= 4 is 5.91 Å². The van der Waals surface area contributed by atoms with Gasteiger partial charge in [0.1, 0.15) is 5.54 Å². The molecule has 3 heteroatoms. The molecule has 0 saturated carbocycles. The Morgan fingerprint density at radius 2 is 1.95 bits per heavy atom. The van der Waals surface area contributed by atoms with Crippen LogP contribution in [0.3, 0.4) is 0 Å². The molecule has 22 heavy (non-hydrogen) atoms. The molecule has 1 heterocycles. The summed E-state index contributed by atoms with van der Waals surface area (Å²) in [5.74, 6) is -0.243. The lowest BCUT2D eigenvalue weighted by Crippen LogP contribution is -2.53. The standard InChI is InChI=1S/C19H22N2O/c1-14-4-2-5-17(12-14)16-8-6-15(7-9-16)13-19(18(20)22)10-3-11-21-19/h2,4-9,12,21H,3,10-11,13H2,1H3,(H2,20,22). The molecule has 3 nitrogen and oxygen atoms in total. The van der Waals surface area contributed by atoms with Crippen LogP contribution in [0.5, 0.6) is 0 Å². The van der Waals surface area contributed by atoms with Crippen LogP contribution in [0, 0.1) is 6.92 Å². The number of hydrogen-bond acceptors (Lipinski definition) is 2. The molecular weight excluding hydrogens is 272 g/mol. The van der Waals surface area contributed by atoms with E-state index in [0.717, 1.165) is 24.9 Å². The van der Waals surface area contributed by atoms with Crippen molar-refractivity contribution in [3.8, 4) is 11.1 Å². The fourth-order valence-corrected chi connectivity index (χ4v) is 3.24. The Kier molecular flexibility index (Phi) is 3.99. The number of nitrogens with one attached hydrogen (secondary N) is 1. The molecule has 3 N–H and O–H groups in total. The maximum absolute atomic E-state index is 11.8. The van der Waals surface area contributed by atoms with E-state index in [1.807, 2.05) is 0 Å². The predicted octanol–water partition coefficient (Wildman–Crippen LogP) is 2.81. The summed E-state index contributed by atoms with van der Waals surface area (Å²) in [5.41, 5.74) is 9.86. The van der Waals surface area contributed by atoms with Gasteiger partial charge in [-0.3, -0.25) is 4.79 Å². The second-order valence-electron chi connectivity index (χ2n) is 6.22. The second kappa shape index (κ2) is 5.93. The number of benzene rings is 2. The van der Waals surface area contributed by atoms with Gasteiger partial charge in [0, 0.05) is 0 Å². The van der Waals surface area contributed by atoms with Gasteiger partial charge in [-0.1, -0.05) is 54.1 Å². The monoisotopic (exact) mass is 294 g/mol. The first kappa shape index (κ1) is 14.8. The van der Waals surface area contributed by atoms with Gasteiger partial charge in [-0.2, -0.15) is 0 Å². The Labute approximate surface area is 131 Å². The summed E-state index contributed by atoms with van der Waals surface area (Å²) in [6.45, 7) is 2.96. The van der Waals surface area contributed by atoms with E-state index in [1.54, 1.807) is 0 Å². The minimum atomic E-state index is -0.565. The van der Waals surface area contributed by atoms with Crippen LogP contribution in [0.2, 0.25) is 0 Å². The number of nitrogens with two attached hydrogens (primary N) is 1. The van der Waals surface area contributed by atoms with Gasteiger partial charge in [0.15, 0.2) is 0 Å². The highest BCUT2D eigenvalue weighted by Crippen LogP contribution is 2.26. The van der Waals surface area contributed by atoms with Crippen molar-refractivity contribution in [2.75, 3.05) is 6.54 Å². The molecule has 114 valence electrons. The van der Waals surface area contributed by atoms with Crippen LogP contribution in [0.25, 0.3) is 11.1 Å². The molecule has 2 aromatic rings. The van der Waals surface area contributed by atoms with E-state index in [4.69, 9.17) is 5.73 Å². The SMILES string of the molecule is Cc1cccc(-c2ccc(CC3(C(N)=O)CCCN3)cc2)c1. The third kappa shape index (κ3) is 2.90. The lowest BCUT2D eigenvalue weighted by atomic mass is 9.88. The number of hydrogen-bond donors (Lipinski definition) is 2. The Morgan fingerprint density at radius 1 is 1.18 bits per heavy atom. The number of aryl methyl sites for hydroxylation is 1. The summed E-state index contributed by atoms with van der Waals surface area (Å²) >= 11 is 0. The van der Waals surface area contributed by atoms with Crippen LogP contribution in [-0.4, -0.2) is 18.0 Å². The van der Waals surface area contributed by atoms with Crippen LogP contribution >= 0.6 is 0 Å². The van der Waals surface area contributed by atoms with Crippen LogP contribution in [-0.2, 0) is 11.2 Å². The van der Waals surface area contributed by atoms with Crippen LogP contribution in [0.1, 0.15) is 24.0 Å². The number of amides is 1. The smallest absolute Gasteiger partial charge is 0.238 e. The molecule has 0 aromatic heterocycles. The van der Waals surface area contributed by atoms with Gasteiger partial charge in [0.05, 0.1) is 0 Å². The molecule has 1 unspecified atom stereocenters. The molecule has 1 saturated heterocycles. The topological polar surface area (TPSA) is 55.1 Å². The van der Waals surface area contributed by atoms with Crippen LogP contribution in [0.4, 0.5) is 0 Å². The first-order valence-corrected chi connectivity index (χ1v) is 7.80. The molecule has 1 amide bonds. The van der Waals surface area contributed by atoms with E-state index >= 15 is 0 Å². The molecule has 1 fully saturated rings. The van der Waals surface area contributed by atoms with Crippen LogP contribution < -0.4 is 11.1 Å². The van der Waals surface area contributed by atoms with Crippen LogP contribution in [0.15, 0.2) is 48.5 Å². The molecule has 1 aliphatic rings. The Bertz CT molecular complexity index is 670. The number of rotatable bonds is 4. The third-order valence-electron chi connectivity index (χ3n) is 4.53. The summed E-state index contributed by atoms with van der Waals surface area (Å²) in [6.07, 6.45) is 2.49. The Balaban J connectivity index is 1.81. The summed E-state index contributed by atoms with van der Waals surface area (Å²) in [7, 11) is 0. The minimum absolute atomic E-state index is 0.243. The highest BCUT2D eigenvalue weighted by molar-refractivity contribution is 5.85. The number of carbonyl (C=O) groups excluding carboxylic acids is 1. The number of carbonyl (C=O) groups is 1. The Morgan fingerprint density at radius 3 is 2.55 bits per heavy atom. The molecule has 1 atom stereocenters. The molecule has 2 aromatic carbocycles. The minimum Gasteiger partial charge on any atom is -0.368 e. The van der Waals surface area contributed by atoms with Gasteiger partial charge in [-0.25, -0.2) is 0 Å². The van der Waals surface area contributed by atoms with Crippen molar-refractivity contribution in [1.82, 2.24) is 5.32 Å². The van der Waals surface area contributed by atoms with Crippen molar-refractivity contribution in [3.63, 3.8) is 0 Å². The zero-order valence-corrected chi connectivity index (χ0v) is 12.9. The van der Waals surface area contributed by atoms with Gasteiger partial charge < -0.3 is 11.1 Å². The van der Waals surface area contributed by atoms with E-state index in [-0.39, 0.29) is 5.91 Å². The highest BCUT2D eigenvalue weighted by atomic mass is 16.1. The van der Waals surface area contributed by atoms with Crippen molar-refractivity contribution in [2.45, 2.75) is 31.7 Å². The Hall–Kier alpha value is -2.13. The fourth-order valence-electron chi connectivity index (χ4n) is 3.24. The number of primary amides is 1. The van der Waals surface area contributed by atoms with Gasteiger partial charge in [0.25, 0.3) is 0 Å². The largest absolute Gasteiger partial charge is 0.368 e. The maximum Gasteiger partial charge on any atom is 0.238 e. The zero-order chi connectivity index (χ0) is 15.6.